The quantitative estimate of drug-likeness (QED) is 0.420. The van der Waals surface area contributed by atoms with Crippen LogP contribution in [0.15, 0.2) is 36.4 Å². The van der Waals surface area contributed by atoms with Gasteiger partial charge in [0.25, 0.3) is 0 Å². The molecule has 0 aliphatic rings. The van der Waals surface area contributed by atoms with Crippen molar-refractivity contribution in [1.29, 1.82) is 5.26 Å². The fraction of sp³-hybridized carbons (Fsp3) is 0.333. The molecule has 3 rings (SSSR count). The Hall–Kier alpha value is -2.88. The van der Waals surface area contributed by atoms with Gasteiger partial charge in [0.05, 0.1) is 41.6 Å². The van der Waals surface area contributed by atoms with E-state index in [2.05, 4.69) is 16.7 Å². The first kappa shape index (κ1) is 18.9. The molecule has 0 fully saturated rings. The van der Waals surface area contributed by atoms with Crippen LogP contribution in [0.2, 0.25) is 0 Å². The van der Waals surface area contributed by atoms with Crippen molar-refractivity contribution in [1.82, 2.24) is 10.3 Å². The van der Waals surface area contributed by atoms with Crippen LogP contribution in [-0.4, -0.2) is 42.9 Å². The highest BCUT2D eigenvalue weighted by atomic mass is 16.5. The molecule has 2 aromatic carbocycles. The van der Waals surface area contributed by atoms with E-state index in [1.807, 2.05) is 36.4 Å². The topological polar surface area (TPSA) is 90.2 Å². The van der Waals surface area contributed by atoms with E-state index < -0.39 is 0 Å². The highest BCUT2D eigenvalue weighted by molar-refractivity contribution is 6.08. The Morgan fingerprint density at radius 1 is 1.15 bits per heavy atom. The monoisotopic (exact) mass is 364 g/mol. The van der Waals surface area contributed by atoms with Crippen LogP contribution in [0.1, 0.15) is 18.9 Å². The van der Waals surface area contributed by atoms with E-state index in [0.29, 0.717) is 12.1 Å². The SMILES string of the molecule is COc1ccc2nc3cc(C#N)ccc3c(NCCCNCC(C)O)c2c1. The molecule has 6 heteroatoms. The van der Waals surface area contributed by atoms with Gasteiger partial charge in [-0.2, -0.15) is 5.26 Å². The molecule has 1 atom stereocenters. The number of aliphatic hydroxyl groups excluding tert-OH is 1. The van der Waals surface area contributed by atoms with E-state index in [4.69, 9.17) is 9.72 Å². The second-order valence-corrected chi connectivity index (χ2v) is 6.55. The summed E-state index contributed by atoms with van der Waals surface area (Å²) in [7, 11) is 1.65. The van der Waals surface area contributed by atoms with Gasteiger partial charge >= 0.3 is 0 Å². The molecule has 1 aromatic heterocycles. The van der Waals surface area contributed by atoms with Crippen molar-refractivity contribution in [3.8, 4) is 11.8 Å². The fourth-order valence-electron chi connectivity index (χ4n) is 3.05. The van der Waals surface area contributed by atoms with Crippen LogP contribution in [-0.2, 0) is 0 Å². The van der Waals surface area contributed by atoms with Crippen molar-refractivity contribution in [3.05, 3.63) is 42.0 Å². The third-order valence-electron chi connectivity index (χ3n) is 4.38. The largest absolute Gasteiger partial charge is 0.497 e. The van der Waals surface area contributed by atoms with Crippen molar-refractivity contribution >= 4 is 27.5 Å². The third-order valence-corrected chi connectivity index (χ3v) is 4.38. The van der Waals surface area contributed by atoms with Crippen molar-refractivity contribution in [2.24, 2.45) is 0 Å². The Morgan fingerprint density at radius 2 is 2.00 bits per heavy atom. The maximum atomic E-state index is 9.30. The molecule has 0 radical (unpaired) electrons. The normalized spacial score (nSPS) is 12.1. The van der Waals surface area contributed by atoms with Gasteiger partial charge < -0.3 is 20.5 Å². The van der Waals surface area contributed by atoms with Gasteiger partial charge in [0, 0.05) is 23.9 Å². The first-order valence-corrected chi connectivity index (χ1v) is 9.06. The molecule has 0 saturated heterocycles. The van der Waals surface area contributed by atoms with Gasteiger partial charge in [0.2, 0.25) is 0 Å². The van der Waals surface area contributed by atoms with Crippen LogP contribution in [0.25, 0.3) is 21.8 Å². The van der Waals surface area contributed by atoms with Gasteiger partial charge in [-0.05, 0) is 56.3 Å². The number of hydrogen-bond donors (Lipinski definition) is 3. The highest BCUT2D eigenvalue weighted by Crippen LogP contribution is 2.33. The summed E-state index contributed by atoms with van der Waals surface area (Å²) >= 11 is 0. The van der Waals surface area contributed by atoms with E-state index in [1.54, 1.807) is 14.0 Å². The molecule has 0 aliphatic heterocycles. The lowest BCUT2D eigenvalue weighted by atomic mass is 10.1. The van der Waals surface area contributed by atoms with Crippen LogP contribution >= 0.6 is 0 Å². The standard InChI is InChI=1S/C21H24N4O2/c1-14(26)13-23-8-3-9-24-21-17-6-4-15(12-22)10-20(17)25-19-7-5-16(27-2)11-18(19)21/h4-7,10-11,14,23,26H,3,8-9,13H2,1-2H3,(H,24,25). The van der Waals surface area contributed by atoms with Crippen LogP contribution in [0.4, 0.5) is 5.69 Å². The highest BCUT2D eigenvalue weighted by Gasteiger charge is 2.11. The predicted octanol–water partition coefficient (Wildman–Crippen LogP) is 3.04. The number of hydrogen-bond acceptors (Lipinski definition) is 6. The number of pyridine rings is 1. The summed E-state index contributed by atoms with van der Waals surface area (Å²) in [5, 5.41) is 27.2. The fourth-order valence-corrected chi connectivity index (χ4v) is 3.05. The minimum absolute atomic E-state index is 0.340. The van der Waals surface area contributed by atoms with Gasteiger partial charge in [-0.3, -0.25) is 0 Å². The number of nitriles is 1. The second-order valence-electron chi connectivity index (χ2n) is 6.55. The van der Waals surface area contributed by atoms with Gasteiger partial charge in [0.15, 0.2) is 0 Å². The number of nitrogens with zero attached hydrogens (tertiary/aromatic N) is 2. The minimum atomic E-state index is -0.340. The third kappa shape index (κ3) is 4.45. The van der Waals surface area contributed by atoms with Crippen molar-refractivity contribution < 1.29 is 9.84 Å². The molecule has 6 nitrogen and oxygen atoms in total. The number of nitrogens with one attached hydrogen (secondary N) is 2. The molecule has 0 saturated carbocycles. The lowest BCUT2D eigenvalue weighted by molar-refractivity contribution is 0.191. The first-order chi connectivity index (χ1) is 13.1. The molecule has 140 valence electrons. The van der Waals surface area contributed by atoms with Crippen LogP contribution in [0.5, 0.6) is 5.75 Å². The Morgan fingerprint density at radius 3 is 2.74 bits per heavy atom. The van der Waals surface area contributed by atoms with E-state index in [1.165, 1.54) is 0 Å². The van der Waals surface area contributed by atoms with Crippen LogP contribution in [0, 0.1) is 11.3 Å². The average molecular weight is 364 g/mol. The molecule has 1 unspecified atom stereocenters. The minimum Gasteiger partial charge on any atom is -0.497 e. The molecule has 3 aromatic rings. The lowest BCUT2D eigenvalue weighted by Gasteiger charge is -2.14. The van der Waals surface area contributed by atoms with E-state index in [0.717, 1.165) is 52.8 Å². The molecule has 0 amide bonds. The van der Waals surface area contributed by atoms with Crippen LogP contribution in [0.3, 0.4) is 0 Å². The van der Waals surface area contributed by atoms with E-state index >= 15 is 0 Å². The predicted molar refractivity (Wildman–Crippen MR) is 108 cm³/mol. The Balaban J connectivity index is 1.92. The maximum Gasteiger partial charge on any atom is 0.119 e. The first-order valence-electron chi connectivity index (χ1n) is 9.06. The molecular weight excluding hydrogens is 340 g/mol. The molecule has 3 N–H and O–H groups in total. The molecule has 0 aliphatic carbocycles. The summed E-state index contributed by atoms with van der Waals surface area (Å²) in [6.45, 7) is 3.96. The average Bonchev–Trinajstić information content (AvgIpc) is 2.68. The molecule has 1 heterocycles. The number of rotatable bonds is 8. The number of fused-ring (bicyclic) bond motifs is 2. The molecular formula is C21H24N4O2. The Bertz CT molecular complexity index is 979. The van der Waals surface area contributed by atoms with Gasteiger partial charge in [-0.15, -0.1) is 0 Å². The van der Waals surface area contributed by atoms with Gasteiger partial charge in [-0.1, -0.05) is 0 Å². The zero-order valence-corrected chi connectivity index (χ0v) is 15.6. The van der Waals surface area contributed by atoms with Crippen molar-refractivity contribution in [2.45, 2.75) is 19.4 Å². The summed E-state index contributed by atoms with van der Waals surface area (Å²) in [4.78, 5) is 4.71. The number of aromatic nitrogens is 1. The zero-order chi connectivity index (χ0) is 19.2. The summed E-state index contributed by atoms with van der Waals surface area (Å²) < 4.78 is 5.37. The van der Waals surface area contributed by atoms with Crippen LogP contribution < -0.4 is 15.4 Å². The maximum absolute atomic E-state index is 9.30. The number of ether oxygens (including phenoxy) is 1. The smallest absolute Gasteiger partial charge is 0.119 e. The van der Waals surface area contributed by atoms with Crippen molar-refractivity contribution in [2.75, 3.05) is 32.1 Å². The van der Waals surface area contributed by atoms with E-state index in [-0.39, 0.29) is 6.10 Å². The van der Waals surface area contributed by atoms with Gasteiger partial charge in [0.1, 0.15) is 5.75 Å². The van der Waals surface area contributed by atoms with Gasteiger partial charge in [-0.25, -0.2) is 4.98 Å². The zero-order valence-electron chi connectivity index (χ0n) is 15.6. The number of benzene rings is 2. The molecule has 0 bridgehead atoms. The summed E-state index contributed by atoms with van der Waals surface area (Å²) in [6, 6.07) is 13.5. The number of methoxy groups -OCH3 is 1. The van der Waals surface area contributed by atoms with Crippen molar-refractivity contribution in [3.63, 3.8) is 0 Å². The number of anilines is 1. The molecule has 0 spiro atoms. The molecule has 27 heavy (non-hydrogen) atoms. The Kier molecular flexibility index (Phi) is 6.07. The summed E-state index contributed by atoms with van der Waals surface area (Å²) in [6.07, 6.45) is 0.575. The second kappa shape index (κ2) is 8.67. The Labute approximate surface area is 158 Å². The summed E-state index contributed by atoms with van der Waals surface area (Å²) in [5.74, 6) is 0.777. The van der Waals surface area contributed by atoms with E-state index in [9.17, 15) is 10.4 Å². The lowest BCUT2D eigenvalue weighted by Crippen LogP contribution is -2.26. The summed E-state index contributed by atoms with van der Waals surface area (Å²) in [5.41, 5.74) is 3.24. The number of aliphatic hydroxyl groups is 1.